The second kappa shape index (κ2) is 7.01. The van der Waals surface area contributed by atoms with Gasteiger partial charge in [0.25, 0.3) is 0 Å². The van der Waals surface area contributed by atoms with E-state index in [1.807, 2.05) is 18.2 Å². The Morgan fingerprint density at radius 1 is 1.25 bits per heavy atom. The van der Waals surface area contributed by atoms with Gasteiger partial charge in [-0.3, -0.25) is 4.79 Å². The predicted octanol–water partition coefficient (Wildman–Crippen LogP) is 1.64. The molecule has 0 atom stereocenters. The number of rotatable bonds is 6. The van der Waals surface area contributed by atoms with Gasteiger partial charge in [0.2, 0.25) is 5.91 Å². The Balaban J connectivity index is 2.07. The third-order valence-electron chi connectivity index (χ3n) is 2.41. The van der Waals surface area contributed by atoms with Gasteiger partial charge in [-0.25, -0.2) is 0 Å². The second-order valence-corrected chi connectivity index (χ2v) is 4.05. The highest BCUT2D eigenvalue weighted by atomic mass is 16.2. The van der Waals surface area contributed by atoms with E-state index in [1.165, 1.54) is 5.56 Å². The third-order valence-corrected chi connectivity index (χ3v) is 2.41. The van der Waals surface area contributed by atoms with Crippen LogP contribution in [0.25, 0.3) is 0 Å². The SMILES string of the molecule is CN(C)C(=O)CCCNCc1ccccc1. The smallest absolute Gasteiger partial charge is 0.222 e. The number of amides is 1. The molecule has 0 heterocycles. The lowest BCUT2D eigenvalue weighted by atomic mass is 10.2. The summed E-state index contributed by atoms with van der Waals surface area (Å²) in [4.78, 5) is 12.9. The summed E-state index contributed by atoms with van der Waals surface area (Å²) in [5.41, 5.74) is 1.28. The molecule has 0 aromatic heterocycles. The Morgan fingerprint density at radius 2 is 1.94 bits per heavy atom. The van der Waals surface area contributed by atoms with E-state index in [9.17, 15) is 4.79 Å². The lowest BCUT2D eigenvalue weighted by Gasteiger charge is -2.10. The van der Waals surface area contributed by atoms with Crippen LogP contribution in [0.3, 0.4) is 0 Å². The van der Waals surface area contributed by atoms with E-state index in [2.05, 4.69) is 17.4 Å². The van der Waals surface area contributed by atoms with Crippen LogP contribution >= 0.6 is 0 Å². The zero-order chi connectivity index (χ0) is 11.8. The zero-order valence-electron chi connectivity index (χ0n) is 10.1. The monoisotopic (exact) mass is 220 g/mol. The molecule has 1 aromatic rings. The van der Waals surface area contributed by atoms with Crippen LogP contribution in [-0.2, 0) is 11.3 Å². The molecule has 1 amide bonds. The van der Waals surface area contributed by atoms with E-state index in [1.54, 1.807) is 19.0 Å². The minimum absolute atomic E-state index is 0.196. The van der Waals surface area contributed by atoms with Crippen LogP contribution in [-0.4, -0.2) is 31.4 Å². The molecule has 0 bridgehead atoms. The number of benzene rings is 1. The highest BCUT2D eigenvalue weighted by Crippen LogP contribution is 1.98. The molecule has 0 unspecified atom stereocenters. The van der Waals surface area contributed by atoms with Gasteiger partial charge in [0, 0.05) is 27.1 Å². The Labute approximate surface area is 97.5 Å². The minimum atomic E-state index is 0.196. The van der Waals surface area contributed by atoms with Crippen molar-refractivity contribution in [2.24, 2.45) is 0 Å². The van der Waals surface area contributed by atoms with E-state index >= 15 is 0 Å². The molecule has 0 aliphatic carbocycles. The molecule has 1 aromatic carbocycles. The summed E-state index contributed by atoms with van der Waals surface area (Å²) >= 11 is 0. The third kappa shape index (κ3) is 4.94. The molecule has 0 aliphatic rings. The maximum absolute atomic E-state index is 11.3. The van der Waals surface area contributed by atoms with Crippen molar-refractivity contribution >= 4 is 5.91 Å². The fraction of sp³-hybridized carbons (Fsp3) is 0.462. The quantitative estimate of drug-likeness (QED) is 0.739. The first kappa shape index (κ1) is 12.7. The van der Waals surface area contributed by atoms with E-state index in [0.717, 1.165) is 19.5 Å². The van der Waals surface area contributed by atoms with Crippen molar-refractivity contribution in [3.8, 4) is 0 Å². The van der Waals surface area contributed by atoms with Crippen LogP contribution in [0.15, 0.2) is 30.3 Å². The number of hydrogen-bond acceptors (Lipinski definition) is 2. The fourth-order valence-corrected chi connectivity index (χ4v) is 1.42. The van der Waals surface area contributed by atoms with Gasteiger partial charge in [-0.05, 0) is 18.5 Å². The molecule has 3 nitrogen and oxygen atoms in total. The predicted molar refractivity (Wildman–Crippen MR) is 66.1 cm³/mol. The van der Waals surface area contributed by atoms with E-state index in [-0.39, 0.29) is 5.91 Å². The van der Waals surface area contributed by atoms with Crippen molar-refractivity contribution in [1.29, 1.82) is 0 Å². The summed E-state index contributed by atoms with van der Waals surface area (Å²) in [5.74, 6) is 0.196. The largest absolute Gasteiger partial charge is 0.349 e. The number of nitrogens with zero attached hydrogens (tertiary/aromatic N) is 1. The second-order valence-electron chi connectivity index (χ2n) is 4.05. The van der Waals surface area contributed by atoms with Gasteiger partial charge >= 0.3 is 0 Å². The summed E-state index contributed by atoms with van der Waals surface area (Å²) < 4.78 is 0. The highest BCUT2D eigenvalue weighted by Gasteiger charge is 2.02. The first-order valence-electron chi connectivity index (χ1n) is 5.65. The van der Waals surface area contributed by atoms with Gasteiger partial charge in [0.05, 0.1) is 0 Å². The molecule has 0 saturated carbocycles. The molecular weight excluding hydrogens is 200 g/mol. The van der Waals surface area contributed by atoms with E-state index < -0.39 is 0 Å². The lowest BCUT2D eigenvalue weighted by molar-refractivity contribution is -0.128. The van der Waals surface area contributed by atoms with Gasteiger partial charge in [0.1, 0.15) is 0 Å². The van der Waals surface area contributed by atoms with Crippen molar-refractivity contribution in [2.75, 3.05) is 20.6 Å². The van der Waals surface area contributed by atoms with Gasteiger partial charge < -0.3 is 10.2 Å². The van der Waals surface area contributed by atoms with Crippen LogP contribution < -0.4 is 5.32 Å². The van der Waals surface area contributed by atoms with E-state index in [0.29, 0.717) is 6.42 Å². The number of carbonyl (C=O) groups is 1. The molecule has 88 valence electrons. The van der Waals surface area contributed by atoms with Crippen molar-refractivity contribution in [1.82, 2.24) is 10.2 Å². The summed E-state index contributed by atoms with van der Waals surface area (Å²) in [6.07, 6.45) is 1.51. The summed E-state index contributed by atoms with van der Waals surface area (Å²) in [5, 5.41) is 3.33. The molecule has 0 saturated heterocycles. The molecule has 0 radical (unpaired) electrons. The molecular formula is C13H20N2O. The average Bonchev–Trinajstić information content (AvgIpc) is 2.29. The van der Waals surface area contributed by atoms with Crippen LogP contribution in [0.1, 0.15) is 18.4 Å². The Kier molecular flexibility index (Phi) is 5.57. The zero-order valence-corrected chi connectivity index (χ0v) is 10.1. The average molecular weight is 220 g/mol. The highest BCUT2D eigenvalue weighted by molar-refractivity contribution is 5.75. The van der Waals surface area contributed by atoms with Gasteiger partial charge in [0.15, 0.2) is 0 Å². The Bertz CT molecular complexity index is 309. The van der Waals surface area contributed by atoms with E-state index in [4.69, 9.17) is 0 Å². The Hall–Kier alpha value is -1.35. The van der Waals surface area contributed by atoms with Crippen LogP contribution in [0.2, 0.25) is 0 Å². The van der Waals surface area contributed by atoms with Gasteiger partial charge in [-0.2, -0.15) is 0 Å². The molecule has 0 spiro atoms. The number of hydrogen-bond donors (Lipinski definition) is 1. The Morgan fingerprint density at radius 3 is 2.56 bits per heavy atom. The molecule has 16 heavy (non-hydrogen) atoms. The minimum Gasteiger partial charge on any atom is -0.349 e. The van der Waals surface area contributed by atoms with Gasteiger partial charge in [-0.15, -0.1) is 0 Å². The molecule has 0 fully saturated rings. The van der Waals surface area contributed by atoms with Crippen molar-refractivity contribution in [2.45, 2.75) is 19.4 Å². The molecule has 1 N–H and O–H groups in total. The van der Waals surface area contributed by atoms with Crippen molar-refractivity contribution < 1.29 is 4.79 Å². The number of nitrogens with one attached hydrogen (secondary N) is 1. The van der Waals surface area contributed by atoms with Crippen molar-refractivity contribution in [3.05, 3.63) is 35.9 Å². The maximum atomic E-state index is 11.3. The fourth-order valence-electron chi connectivity index (χ4n) is 1.42. The van der Waals surface area contributed by atoms with Crippen LogP contribution in [0.5, 0.6) is 0 Å². The molecule has 3 heteroatoms. The molecule has 0 aliphatic heterocycles. The summed E-state index contributed by atoms with van der Waals surface area (Å²) in [6, 6.07) is 10.3. The van der Waals surface area contributed by atoms with Gasteiger partial charge in [-0.1, -0.05) is 30.3 Å². The first-order valence-corrected chi connectivity index (χ1v) is 5.65. The van der Waals surface area contributed by atoms with Crippen LogP contribution in [0.4, 0.5) is 0 Å². The van der Waals surface area contributed by atoms with Crippen LogP contribution in [0, 0.1) is 0 Å². The van der Waals surface area contributed by atoms with Crippen molar-refractivity contribution in [3.63, 3.8) is 0 Å². The summed E-state index contributed by atoms with van der Waals surface area (Å²) in [7, 11) is 3.58. The summed E-state index contributed by atoms with van der Waals surface area (Å²) in [6.45, 7) is 1.76. The standard InChI is InChI=1S/C13H20N2O/c1-15(2)13(16)9-6-10-14-11-12-7-4-3-5-8-12/h3-5,7-8,14H,6,9-11H2,1-2H3. The number of carbonyl (C=O) groups excluding carboxylic acids is 1. The topological polar surface area (TPSA) is 32.3 Å². The maximum Gasteiger partial charge on any atom is 0.222 e. The normalized spacial score (nSPS) is 10.1. The molecule has 1 rings (SSSR count). The first-order chi connectivity index (χ1) is 7.70. The lowest BCUT2D eigenvalue weighted by Crippen LogP contribution is -2.23.